The van der Waals surface area contributed by atoms with Gasteiger partial charge in [0, 0.05) is 11.0 Å². The third-order valence-corrected chi connectivity index (χ3v) is 14.5. The summed E-state index contributed by atoms with van der Waals surface area (Å²) in [5, 5.41) is 56.9. The largest absolute Gasteiger partial charge is 0.462 e. The molecule has 0 spiro atoms. The SMILES string of the molecule is C/C=C(\C)C(=O)OC[C@@]12C(O)C[C@]3(C)C(=CC[C@@H]4[C@@]5(C)CCC(O)[C@@](C)(CO)[C@@H]5CC[C@]43C)[C@@H]1CC(C)(C)[C@@H](O)C2O. The maximum atomic E-state index is 12.8. The number of fused-ring (bicyclic) bond motifs is 7. The molecule has 0 heterocycles. The maximum absolute atomic E-state index is 12.8. The summed E-state index contributed by atoms with van der Waals surface area (Å²) in [5.74, 6) is -0.238. The van der Waals surface area contributed by atoms with Crippen LogP contribution in [0.15, 0.2) is 23.3 Å². The molecule has 4 saturated carbocycles. The van der Waals surface area contributed by atoms with Crippen LogP contribution in [-0.4, -0.2) is 69.1 Å². The second kappa shape index (κ2) is 10.1. The quantitative estimate of drug-likeness (QED) is 0.185. The fraction of sp³-hybridized carbons (Fsp3) is 0.857. The van der Waals surface area contributed by atoms with E-state index in [-0.39, 0.29) is 41.3 Å². The third kappa shape index (κ3) is 3.98. The van der Waals surface area contributed by atoms with Crippen LogP contribution in [0.2, 0.25) is 0 Å². The molecular weight excluding hydrogens is 532 g/mol. The van der Waals surface area contributed by atoms with Gasteiger partial charge in [-0.15, -0.1) is 0 Å². The molecule has 0 aromatic heterocycles. The van der Waals surface area contributed by atoms with Gasteiger partial charge in [-0.1, -0.05) is 59.3 Å². The predicted octanol–water partition coefficient (Wildman–Crippen LogP) is 4.54. The van der Waals surface area contributed by atoms with E-state index in [1.165, 1.54) is 5.57 Å². The molecule has 0 radical (unpaired) electrons. The first-order valence-corrected chi connectivity index (χ1v) is 16.2. The molecule has 7 heteroatoms. The predicted molar refractivity (Wildman–Crippen MR) is 161 cm³/mol. The van der Waals surface area contributed by atoms with Gasteiger partial charge in [0.2, 0.25) is 0 Å². The Morgan fingerprint density at radius 3 is 2.24 bits per heavy atom. The van der Waals surface area contributed by atoms with Crippen LogP contribution in [0.3, 0.4) is 0 Å². The number of hydrogen-bond donors (Lipinski definition) is 5. The molecule has 0 saturated heterocycles. The summed E-state index contributed by atoms with van der Waals surface area (Å²) in [5.41, 5.74) is -1.25. The standard InChI is InChI=1S/C35H56O7/c1-9-20(2)29(41)42-19-35-22(16-30(3,4)27(39)28(35)40)21-10-11-24-31(5)14-13-25(37)32(6,18-36)23(31)12-15-33(24,7)34(21,8)17-26(35)38/h9-10,22-28,36-40H,11-19H2,1-8H3/b20-9+/t22-,23+,24+,25?,26?,27-,28?,31-,32-,33+,34+,35-/m0/s1. The van der Waals surface area contributed by atoms with Crippen LogP contribution in [0.5, 0.6) is 0 Å². The molecule has 0 amide bonds. The Morgan fingerprint density at radius 2 is 1.62 bits per heavy atom. The van der Waals surface area contributed by atoms with Crippen LogP contribution in [0, 0.1) is 50.2 Å². The van der Waals surface area contributed by atoms with Crippen molar-refractivity contribution in [2.24, 2.45) is 50.2 Å². The zero-order valence-corrected chi connectivity index (χ0v) is 27.1. The first-order chi connectivity index (χ1) is 19.4. The summed E-state index contributed by atoms with van der Waals surface area (Å²) in [6.07, 6.45) is 5.47. The summed E-state index contributed by atoms with van der Waals surface area (Å²) in [6, 6.07) is 0. The number of rotatable bonds is 4. The molecule has 42 heavy (non-hydrogen) atoms. The highest BCUT2D eigenvalue weighted by molar-refractivity contribution is 5.87. The van der Waals surface area contributed by atoms with Gasteiger partial charge in [0.05, 0.1) is 36.4 Å². The van der Waals surface area contributed by atoms with E-state index < -0.39 is 46.6 Å². The van der Waals surface area contributed by atoms with E-state index in [1.807, 2.05) is 13.8 Å². The van der Waals surface area contributed by atoms with Crippen molar-refractivity contribution in [2.75, 3.05) is 13.2 Å². The first kappa shape index (κ1) is 32.2. The van der Waals surface area contributed by atoms with E-state index in [9.17, 15) is 30.3 Å². The van der Waals surface area contributed by atoms with Gasteiger partial charge in [-0.25, -0.2) is 4.79 Å². The summed E-state index contributed by atoms with van der Waals surface area (Å²) in [7, 11) is 0. The summed E-state index contributed by atoms with van der Waals surface area (Å²) < 4.78 is 5.82. The molecular formula is C35H56O7. The third-order valence-electron chi connectivity index (χ3n) is 14.5. The topological polar surface area (TPSA) is 127 Å². The lowest BCUT2D eigenvalue weighted by Gasteiger charge is -2.72. The Hall–Kier alpha value is -1.25. The molecule has 12 atom stereocenters. The average Bonchev–Trinajstić information content (AvgIpc) is 2.93. The van der Waals surface area contributed by atoms with E-state index in [0.29, 0.717) is 30.8 Å². The van der Waals surface area contributed by atoms with E-state index in [0.717, 1.165) is 25.7 Å². The molecule has 4 fully saturated rings. The monoisotopic (exact) mass is 588 g/mol. The normalized spacial score (nSPS) is 51.8. The van der Waals surface area contributed by atoms with E-state index in [2.05, 4.69) is 33.8 Å². The number of hydrogen-bond acceptors (Lipinski definition) is 7. The minimum atomic E-state index is -1.26. The Morgan fingerprint density at radius 1 is 0.952 bits per heavy atom. The van der Waals surface area contributed by atoms with Crippen molar-refractivity contribution >= 4 is 5.97 Å². The van der Waals surface area contributed by atoms with E-state index in [4.69, 9.17) is 4.74 Å². The van der Waals surface area contributed by atoms with Crippen LogP contribution in [-0.2, 0) is 9.53 Å². The summed E-state index contributed by atoms with van der Waals surface area (Å²) in [4.78, 5) is 12.8. The van der Waals surface area contributed by atoms with Gasteiger partial charge in [-0.2, -0.15) is 0 Å². The van der Waals surface area contributed by atoms with Crippen LogP contribution >= 0.6 is 0 Å². The molecule has 5 aliphatic carbocycles. The van der Waals surface area contributed by atoms with Gasteiger partial charge in [-0.3, -0.25) is 0 Å². The maximum Gasteiger partial charge on any atom is 0.333 e. The molecule has 3 unspecified atom stereocenters. The number of carbonyl (C=O) groups excluding carboxylic acids is 1. The number of carbonyl (C=O) groups is 1. The van der Waals surface area contributed by atoms with Crippen LogP contribution < -0.4 is 0 Å². The summed E-state index contributed by atoms with van der Waals surface area (Å²) in [6.45, 7) is 16.3. The van der Waals surface area contributed by atoms with Gasteiger partial charge < -0.3 is 30.3 Å². The van der Waals surface area contributed by atoms with E-state index in [1.54, 1.807) is 19.9 Å². The number of aliphatic hydroxyl groups is 5. The Bertz CT molecular complexity index is 1160. The molecule has 0 aliphatic heterocycles. The highest BCUT2D eigenvalue weighted by Crippen LogP contribution is 2.75. The molecule has 5 rings (SSSR count). The zero-order valence-electron chi connectivity index (χ0n) is 27.1. The van der Waals surface area contributed by atoms with Crippen LogP contribution in [0.1, 0.15) is 100 Å². The van der Waals surface area contributed by atoms with Crippen LogP contribution in [0.25, 0.3) is 0 Å². The van der Waals surface area contributed by atoms with Crippen molar-refractivity contribution in [1.82, 2.24) is 0 Å². The van der Waals surface area contributed by atoms with Gasteiger partial charge in [-0.05, 0) is 98.2 Å². The van der Waals surface area contributed by atoms with Crippen molar-refractivity contribution in [3.8, 4) is 0 Å². The number of esters is 1. The van der Waals surface area contributed by atoms with Gasteiger partial charge >= 0.3 is 5.97 Å². The zero-order chi connectivity index (χ0) is 31.3. The van der Waals surface area contributed by atoms with Crippen molar-refractivity contribution in [2.45, 2.75) is 125 Å². The molecule has 238 valence electrons. The molecule has 0 aromatic rings. The Kier molecular flexibility index (Phi) is 7.76. The Labute approximate surface area is 252 Å². The molecule has 0 bridgehead atoms. The lowest BCUT2D eigenvalue weighted by molar-refractivity contribution is -0.260. The molecule has 5 N–H and O–H groups in total. The van der Waals surface area contributed by atoms with Crippen LogP contribution in [0.4, 0.5) is 0 Å². The lowest BCUT2D eigenvalue weighted by Crippen LogP contribution is -2.72. The fourth-order valence-electron chi connectivity index (χ4n) is 11.3. The molecule has 7 nitrogen and oxygen atoms in total. The van der Waals surface area contributed by atoms with Gasteiger partial charge in [0.15, 0.2) is 0 Å². The van der Waals surface area contributed by atoms with Gasteiger partial charge in [0.1, 0.15) is 6.61 Å². The minimum absolute atomic E-state index is 0.0275. The highest BCUT2D eigenvalue weighted by atomic mass is 16.5. The fourth-order valence-corrected chi connectivity index (χ4v) is 11.3. The molecule has 0 aromatic carbocycles. The highest BCUT2D eigenvalue weighted by Gasteiger charge is 2.72. The first-order valence-electron chi connectivity index (χ1n) is 16.2. The van der Waals surface area contributed by atoms with Crippen molar-refractivity contribution in [1.29, 1.82) is 0 Å². The van der Waals surface area contributed by atoms with Crippen molar-refractivity contribution in [3.05, 3.63) is 23.3 Å². The Balaban J connectivity index is 1.61. The summed E-state index contributed by atoms with van der Waals surface area (Å²) >= 11 is 0. The average molecular weight is 589 g/mol. The minimum Gasteiger partial charge on any atom is -0.462 e. The smallest absolute Gasteiger partial charge is 0.333 e. The number of ether oxygens (including phenoxy) is 1. The number of allylic oxidation sites excluding steroid dienone is 3. The van der Waals surface area contributed by atoms with Gasteiger partial charge in [0.25, 0.3) is 0 Å². The van der Waals surface area contributed by atoms with E-state index >= 15 is 0 Å². The second-order valence-electron chi connectivity index (χ2n) is 16.5. The molecule has 5 aliphatic rings. The number of aliphatic hydroxyl groups excluding tert-OH is 5. The lowest BCUT2D eigenvalue weighted by atomic mass is 9.33. The second-order valence-corrected chi connectivity index (χ2v) is 16.5. The van der Waals surface area contributed by atoms with Crippen molar-refractivity contribution < 1.29 is 35.1 Å². The van der Waals surface area contributed by atoms with Crippen molar-refractivity contribution in [3.63, 3.8) is 0 Å².